The fourth-order valence-corrected chi connectivity index (χ4v) is 2.56. The first-order valence-electron chi connectivity index (χ1n) is 7.89. The van der Waals surface area contributed by atoms with Crippen LogP contribution in [0.5, 0.6) is 0 Å². The minimum atomic E-state index is -0.887. The molecule has 0 rings (SSSR count). The molecule has 1 unspecified atom stereocenters. The van der Waals surface area contributed by atoms with Gasteiger partial charge in [0.1, 0.15) is 0 Å². The standard InChI is InChI=1S/C16H34O2/c1-4-6-8-9-10-12-15(11-7-5-2)13-16(3,18)14-17/h15,17-18H,4-14H2,1-3H3/t15?,16-/m1/s1. The second kappa shape index (κ2) is 10.8. The third-order valence-corrected chi connectivity index (χ3v) is 3.75. The quantitative estimate of drug-likeness (QED) is 0.513. The van der Waals surface area contributed by atoms with Crippen molar-refractivity contribution in [1.82, 2.24) is 0 Å². The smallest absolute Gasteiger partial charge is 0.0852 e. The van der Waals surface area contributed by atoms with Crippen LogP contribution in [0.1, 0.15) is 85.0 Å². The van der Waals surface area contributed by atoms with Crippen molar-refractivity contribution in [2.75, 3.05) is 6.61 Å². The van der Waals surface area contributed by atoms with Crippen LogP contribution in [0, 0.1) is 5.92 Å². The van der Waals surface area contributed by atoms with Gasteiger partial charge in [-0.15, -0.1) is 0 Å². The largest absolute Gasteiger partial charge is 0.393 e. The van der Waals surface area contributed by atoms with Gasteiger partial charge in [-0.25, -0.2) is 0 Å². The van der Waals surface area contributed by atoms with Crippen molar-refractivity contribution >= 4 is 0 Å². The SMILES string of the molecule is CCCCCCCC(CCCC)C[C@@](C)(O)CO. The number of unbranched alkanes of at least 4 members (excludes halogenated alkanes) is 5. The van der Waals surface area contributed by atoms with Crippen LogP contribution in [0.25, 0.3) is 0 Å². The molecule has 2 heteroatoms. The fourth-order valence-electron chi connectivity index (χ4n) is 2.56. The summed E-state index contributed by atoms with van der Waals surface area (Å²) < 4.78 is 0. The van der Waals surface area contributed by atoms with Crippen molar-refractivity contribution in [3.63, 3.8) is 0 Å². The summed E-state index contributed by atoms with van der Waals surface area (Å²) in [4.78, 5) is 0. The topological polar surface area (TPSA) is 40.5 Å². The first-order valence-corrected chi connectivity index (χ1v) is 7.89. The van der Waals surface area contributed by atoms with Gasteiger partial charge in [0.15, 0.2) is 0 Å². The van der Waals surface area contributed by atoms with Gasteiger partial charge in [-0.3, -0.25) is 0 Å². The molecule has 0 aliphatic carbocycles. The second-order valence-electron chi connectivity index (χ2n) is 6.07. The summed E-state index contributed by atoms with van der Waals surface area (Å²) in [5.41, 5.74) is -0.887. The van der Waals surface area contributed by atoms with Gasteiger partial charge in [-0.1, -0.05) is 71.6 Å². The van der Waals surface area contributed by atoms with E-state index in [-0.39, 0.29) is 6.61 Å². The van der Waals surface area contributed by atoms with Gasteiger partial charge >= 0.3 is 0 Å². The molecule has 110 valence electrons. The number of hydrogen-bond acceptors (Lipinski definition) is 2. The monoisotopic (exact) mass is 258 g/mol. The van der Waals surface area contributed by atoms with Crippen molar-refractivity contribution in [2.24, 2.45) is 5.92 Å². The van der Waals surface area contributed by atoms with E-state index in [1.165, 1.54) is 57.8 Å². The Morgan fingerprint density at radius 1 is 0.889 bits per heavy atom. The maximum Gasteiger partial charge on any atom is 0.0852 e. The molecule has 0 fully saturated rings. The van der Waals surface area contributed by atoms with E-state index in [2.05, 4.69) is 13.8 Å². The van der Waals surface area contributed by atoms with Gasteiger partial charge in [0.05, 0.1) is 12.2 Å². The Labute approximate surface area is 114 Å². The molecule has 0 saturated heterocycles. The summed E-state index contributed by atoms with van der Waals surface area (Å²) in [6, 6.07) is 0. The van der Waals surface area contributed by atoms with Gasteiger partial charge < -0.3 is 10.2 Å². The summed E-state index contributed by atoms with van der Waals surface area (Å²) in [5.74, 6) is 0.578. The number of aliphatic hydroxyl groups excluding tert-OH is 1. The molecule has 2 nitrogen and oxygen atoms in total. The summed E-state index contributed by atoms with van der Waals surface area (Å²) in [5, 5.41) is 19.1. The second-order valence-corrected chi connectivity index (χ2v) is 6.07. The Kier molecular flexibility index (Phi) is 10.8. The van der Waals surface area contributed by atoms with E-state index in [0.717, 1.165) is 6.42 Å². The van der Waals surface area contributed by atoms with Crippen molar-refractivity contribution in [3.05, 3.63) is 0 Å². The summed E-state index contributed by atoms with van der Waals surface area (Å²) in [6.07, 6.45) is 12.2. The van der Waals surface area contributed by atoms with Gasteiger partial charge in [0.25, 0.3) is 0 Å². The molecule has 0 aromatic rings. The number of aliphatic hydroxyl groups is 2. The van der Waals surface area contributed by atoms with E-state index in [4.69, 9.17) is 5.11 Å². The van der Waals surface area contributed by atoms with Crippen LogP contribution in [-0.4, -0.2) is 22.4 Å². The van der Waals surface area contributed by atoms with Crippen LogP contribution in [0.4, 0.5) is 0 Å². The molecule has 2 N–H and O–H groups in total. The van der Waals surface area contributed by atoms with Crippen molar-refractivity contribution in [1.29, 1.82) is 0 Å². The Hall–Kier alpha value is -0.0800. The highest BCUT2D eigenvalue weighted by Gasteiger charge is 2.23. The first-order chi connectivity index (χ1) is 8.55. The summed E-state index contributed by atoms with van der Waals surface area (Å²) >= 11 is 0. The van der Waals surface area contributed by atoms with Crippen molar-refractivity contribution in [2.45, 2.75) is 90.6 Å². The van der Waals surface area contributed by atoms with Crippen LogP contribution in [0.3, 0.4) is 0 Å². The maximum absolute atomic E-state index is 9.98. The Balaban J connectivity index is 3.91. The van der Waals surface area contributed by atoms with E-state index in [1.807, 2.05) is 0 Å². The van der Waals surface area contributed by atoms with Crippen LogP contribution < -0.4 is 0 Å². The highest BCUT2D eigenvalue weighted by Crippen LogP contribution is 2.26. The van der Waals surface area contributed by atoms with Crippen LogP contribution >= 0.6 is 0 Å². The minimum Gasteiger partial charge on any atom is -0.393 e. The molecular weight excluding hydrogens is 224 g/mol. The Morgan fingerprint density at radius 3 is 2.00 bits per heavy atom. The fraction of sp³-hybridized carbons (Fsp3) is 1.00. The van der Waals surface area contributed by atoms with Crippen molar-refractivity contribution in [3.8, 4) is 0 Å². The van der Waals surface area contributed by atoms with E-state index < -0.39 is 5.60 Å². The molecule has 0 heterocycles. The van der Waals surface area contributed by atoms with Gasteiger partial charge in [-0.05, 0) is 19.3 Å². The molecule has 0 bridgehead atoms. The molecule has 0 aliphatic rings. The van der Waals surface area contributed by atoms with E-state index in [0.29, 0.717) is 5.92 Å². The molecule has 0 spiro atoms. The Morgan fingerprint density at radius 2 is 1.44 bits per heavy atom. The molecule has 0 aliphatic heterocycles. The summed E-state index contributed by atoms with van der Waals surface area (Å²) in [7, 11) is 0. The molecule has 0 radical (unpaired) electrons. The maximum atomic E-state index is 9.98. The molecular formula is C16H34O2. The molecule has 0 aromatic carbocycles. The molecule has 2 atom stereocenters. The van der Waals surface area contributed by atoms with E-state index >= 15 is 0 Å². The van der Waals surface area contributed by atoms with Gasteiger partial charge in [-0.2, -0.15) is 0 Å². The zero-order valence-corrected chi connectivity index (χ0v) is 12.7. The predicted molar refractivity (Wildman–Crippen MR) is 78.7 cm³/mol. The third-order valence-electron chi connectivity index (χ3n) is 3.75. The highest BCUT2D eigenvalue weighted by atomic mass is 16.3. The normalized spacial score (nSPS) is 16.5. The zero-order chi connectivity index (χ0) is 13.9. The van der Waals surface area contributed by atoms with Gasteiger partial charge in [0.2, 0.25) is 0 Å². The molecule has 0 amide bonds. The lowest BCUT2D eigenvalue weighted by Crippen LogP contribution is -2.31. The van der Waals surface area contributed by atoms with Gasteiger partial charge in [0, 0.05) is 0 Å². The van der Waals surface area contributed by atoms with Crippen molar-refractivity contribution < 1.29 is 10.2 Å². The zero-order valence-electron chi connectivity index (χ0n) is 12.7. The average molecular weight is 258 g/mol. The van der Waals surface area contributed by atoms with Crippen LogP contribution in [0.15, 0.2) is 0 Å². The van der Waals surface area contributed by atoms with E-state index in [9.17, 15) is 5.11 Å². The molecule has 0 saturated carbocycles. The highest BCUT2D eigenvalue weighted by molar-refractivity contribution is 4.76. The lowest BCUT2D eigenvalue weighted by molar-refractivity contribution is -0.0198. The van der Waals surface area contributed by atoms with E-state index in [1.54, 1.807) is 6.92 Å². The number of rotatable bonds is 12. The average Bonchev–Trinajstić information content (AvgIpc) is 2.35. The first kappa shape index (κ1) is 17.9. The lowest BCUT2D eigenvalue weighted by Gasteiger charge is -2.27. The van der Waals surface area contributed by atoms with Crippen LogP contribution in [-0.2, 0) is 0 Å². The predicted octanol–water partition coefficient (Wildman–Crippen LogP) is 4.29. The summed E-state index contributed by atoms with van der Waals surface area (Å²) in [6.45, 7) is 6.08. The number of hydrogen-bond donors (Lipinski definition) is 2. The third kappa shape index (κ3) is 9.90. The molecule has 0 aromatic heterocycles. The van der Waals surface area contributed by atoms with Crippen LogP contribution in [0.2, 0.25) is 0 Å². The lowest BCUT2D eigenvalue weighted by atomic mass is 9.85. The minimum absolute atomic E-state index is 0.120. The Bertz CT molecular complexity index is 178. The molecule has 18 heavy (non-hydrogen) atoms.